The highest BCUT2D eigenvalue weighted by Gasteiger charge is 2.18. The molecule has 1 unspecified atom stereocenters. The zero-order chi connectivity index (χ0) is 11.2. The molecule has 0 spiro atoms. The summed E-state index contributed by atoms with van der Waals surface area (Å²) in [6.45, 7) is 10.8. The van der Waals surface area contributed by atoms with Crippen molar-refractivity contribution in [3.63, 3.8) is 0 Å². The predicted octanol–water partition coefficient (Wildman–Crippen LogP) is 2.04. The molecule has 0 bridgehead atoms. The summed E-state index contributed by atoms with van der Waals surface area (Å²) in [5.74, 6) is 1.57. The number of rotatable bonds is 7. The Morgan fingerprint density at radius 2 is 1.93 bits per heavy atom. The van der Waals surface area contributed by atoms with Gasteiger partial charge in [-0.25, -0.2) is 0 Å². The summed E-state index contributed by atoms with van der Waals surface area (Å²) in [4.78, 5) is 2.30. The second kappa shape index (κ2) is 6.70. The van der Waals surface area contributed by atoms with E-state index >= 15 is 0 Å². The number of nitrogens with zero attached hydrogens (tertiary/aromatic N) is 1. The van der Waals surface area contributed by atoms with Gasteiger partial charge in [0.05, 0.1) is 5.60 Å². The average Bonchev–Trinajstić information content (AvgIpc) is 2.10. The van der Waals surface area contributed by atoms with Crippen LogP contribution in [-0.4, -0.2) is 41.0 Å². The monoisotopic (exact) mass is 219 g/mol. The van der Waals surface area contributed by atoms with Crippen molar-refractivity contribution in [2.24, 2.45) is 5.92 Å². The third kappa shape index (κ3) is 6.68. The normalized spacial score (nSPS) is 14.8. The molecule has 2 nitrogen and oxygen atoms in total. The van der Waals surface area contributed by atoms with Crippen LogP contribution in [0.2, 0.25) is 0 Å². The molecule has 1 atom stereocenters. The molecule has 0 aliphatic rings. The van der Waals surface area contributed by atoms with E-state index in [1.807, 2.05) is 13.8 Å². The van der Waals surface area contributed by atoms with Gasteiger partial charge in [-0.05, 0) is 32.1 Å². The lowest BCUT2D eigenvalue weighted by Gasteiger charge is -2.30. The number of hydrogen-bond donors (Lipinski definition) is 2. The third-order valence-electron chi connectivity index (χ3n) is 2.41. The van der Waals surface area contributed by atoms with Gasteiger partial charge in [-0.15, -0.1) is 0 Å². The van der Waals surface area contributed by atoms with Gasteiger partial charge in [-0.1, -0.05) is 20.3 Å². The average molecular weight is 219 g/mol. The van der Waals surface area contributed by atoms with E-state index in [2.05, 4.69) is 31.4 Å². The lowest BCUT2D eigenvalue weighted by atomic mass is 10.1. The van der Waals surface area contributed by atoms with Crippen LogP contribution in [0.5, 0.6) is 0 Å². The molecule has 1 N–H and O–H groups in total. The molecule has 3 heteroatoms. The van der Waals surface area contributed by atoms with Crippen molar-refractivity contribution in [1.29, 1.82) is 0 Å². The summed E-state index contributed by atoms with van der Waals surface area (Å²) in [6.07, 6.45) is 1.16. The van der Waals surface area contributed by atoms with E-state index in [4.69, 9.17) is 0 Å². The van der Waals surface area contributed by atoms with E-state index in [1.165, 1.54) is 0 Å². The van der Waals surface area contributed by atoms with E-state index in [9.17, 15) is 5.11 Å². The Labute approximate surface area is 94.1 Å². The fourth-order valence-corrected chi connectivity index (χ4v) is 1.91. The first-order chi connectivity index (χ1) is 6.42. The zero-order valence-corrected chi connectivity index (χ0v) is 10.8. The first-order valence-corrected chi connectivity index (χ1v) is 6.11. The summed E-state index contributed by atoms with van der Waals surface area (Å²) in [5.41, 5.74) is -0.592. The minimum Gasteiger partial charge on any atom is -0.389 e. The molecule has 0 amide bonds. The maximum Gasteiger partial charge on any atom is 0.0718 e. The van der Waals surface area contributed by atoms with E-state index in [-0.39, 0.29) is 0 Å². The first kappa shape index (κ1) is 14.3. The molecule has 86 valence electrons. The number of likely N-dealkylation sites (N-methyl/N-ethyl adjacent to an activating group) is 1. The van der Waals surface area contributed by atoms with E-state index in [0.717, 1.165) is 31.8 Å². The van der Waals surface area contributed by atoms with Gasteiger partial charge in [-0.3, -0.25) is 0 Å². The van der Waals surface area contributed by atoms with Crippen LogP contribution in [0.3, 0.4) is 0 Å². The summed E-state index contributed by atoms with van der Waals surface area (Å²) in [7, 11) is 0. The molecule has 0 radical (unpaired) electrons. The van der Waals surface area contributed by atoms with E-state index in [1.54, 1.807) is 0 Å². The second-order valence-corrected chi connectivity index (χ2v) is 4.96. The fourth-order valence-electron chi connectivity index (χ4n) is 1.53. The standard InChI is InChI=1S/C11H25NOS/c1-5-10(8-14)7-12(6-2)9-11(3,4)13/h10,13-14H,5-9H2,1-4H3. The minimum absolute atomic E-state index is 0.592. The van der Waals surface area contributed by atoms with Gasteiger partial charge < -0.3 is 10.0 Å². The first-order valence-electron chi connectivity index (χ1n) is 5.48. The second-order valence-electron chi connectivity index (χ2n) is 4.60. The van der Waals surface area contributed by atoms with Crippen LogP contribution < -0.4 is 0 Å². The van der Waals surface area contributed by atoms with Crippen LogP contribution in [0, 0.1) is 5.92 Å². The van der Waals surface area contributed by atoms with Crippen LogP contribution in [-0.2, 0) is 0 Å². The molecule has 0 saturated heterocycles. The van der Waals surface area contributed by atoms with Crippen LogP contribution in [0.1, 0.15) is 34.1 Å². The number of thiol groups is 1. The Hall–Kier alpha value is 0.270. The van der Waals surface area contributed by atoms with Gasteiger partial charge in [0.1, 0.15) is 0 Å². The van der Waals surface area contributed by atoms with Gasteiger partial charge in [-0.2, -0.15) is 12.6 Å². The van der Waals surface area contributed by atoms with Crippen molar-refractivity contribution >= 4 is 12.6 Å². The molecular formula is C11H25NOS. The molecule has 0 saturated carbocycles. The van der Waals surface area contributed by atoms with Crippen LogP contribution in [0.4, 0.5) is 0 Å². The highest BCUT2D eigenvalue weighted by Crippen LogP contribution is 2.11. The Kier molecular flexibility index (Phi) is 6.83. The molecule has 0 aromatic rings. The molecule has 0 aromatic heterocycles. The van der Waals surface area contributed by atoms with Crippen molar-refractivity contribution in [3.05, 3.63) is 0 Å². The molecule has 0 heterocycles. The summed E-state index contributed by atoms with van der Waals surface area (Å²) in [6, 6.07) is 0. The van der Waals surface area contributed by atoms with Crippen molar-refractivity contribution in [3.8, 4) is 0 Å². The van der Waals surface area contributed by atoms with Crippen molar-refractivity contribution in [2.45, 2.75) is 39.7 Å². The van der Waals surface area contributed by atoms with Gasteiger partial charge in [0, 0.05) is 13.1 Å². The molecule has 0 aliphatic heterocycles. The zero-order valence-electron chi connectivity index (χ0n) is 9.95. The molecule has 14 heavy (non-hydrogen) atoms. The van der Waals surface area contributed by atoms with Gasteiger partial charge in [0.15, 0.2) is 0 Å². The Bertz CT molecular complexity index is 141. The maximum absolute atomic E-state index is 9.72. The number of hydrogen-bond acceptors (Lipinski definition) is 3. The Balaban J connectivity index is 4.01. The van der Waals surface area contributed by atoms with Gasteiger partial charge in [0.25, 0.3) is 0 Å². The van der Waals surface area contributed by atoms with Gasteiger partial charge in [0.2, 0.25) is 0 Å². The quantitative estimate of drug-likeness (QED) is 0.640. The number of aliphatic hydroxyl groups is 1. The minimum atomic E-state index is -0.592. The lowest BCUT2D eigenvalue weighted by molar-refractivity contribution is 0.0337. The van der Waals surface area contributed by atoms with Crippen molar-refractivity contribution < 1.29 is 5.11 Å². The summed E-state index contributed by atoms with van der Waals surface area (Å²) in [5, 5.41) is 9.72. The molecule has 0 fully saturated rings. The fraction of sp³-hybridized carbons (Fsp3) is 1.00. The van der Waals surface area contributed by atoms with E-state index < -0.39 is 5.60 Å². The van der Waals surface area contributed by atoms with Crippen molar-refractivity contribution in [2.75, 3.05) is 25.4 Å². The highest BCUT2D eigenvalue weighted by molar-refractivity contribution is 7.80. The van der Waals surface area contributed by atoms with Crippen molar-refractivity contribution in [1.82, 2.24) is 4.90 Å². The molecule has 0 rings (SSSR count). The SMILES string of the molecule is CCC(CS)CN(CC)CC(C)(C)O. The smallest absolute Gasteiger partial charge is 0.0718 e. The highest BCUT2D eigenvalue weighted by atomic mass is 32.1. The van der Waals surface area contributed by atoms with Gasteiger partial charge >= 0.3 is 0 Å². The largest absolute Gasteiger partial charge is 0.389 e. The lowest BCUT2D eigenvalue weighted by Crippen LogP contribution is -2.41. The Morgan fingerprint density at radius 1 is 1.36 bits per heavy atom. The third-order valence-corrected chi connectivity index (χ3v) is 2.93. The predicted molar refractivity (Wildman–Crippen MR) is 66.0 cm³/mol. The van der Waals surface area contributed by atoms with E-state index in [0.29, 0.717) is 5.92 Å². The molecule has 0 aromatic carbocycles. The van der Waals surface area contributed by atoms with Crippen LogP contribution in [0.15, 0.2) is 0 Å². The molecular weight excluding hydrogens is 194 g/mol. The van der Waals surface area contributed by atoms with Crippen LogP contribution >= 0.6 is 12.6 Å². The molecule has 0 aliphatic carbocycles. The summed E-state index contributed by atoms with van der Waals surface area (Å²) < 4.78 is 0. The van der Waals surface area contributed by atoms with Crippen LogP contribution in [0.25, 0.3) is 0 Å². The maximum atomic E-state index is 9.72. The Morgan fingerprint density at radius 3 is 2.21 bits per heavy atom. The topological polar surface area (TPSA) is 23.5 Å². The summed E-state index contributed by atoms with van der Waals surface area (Å²) >= 11 is 4.33.